The minimum Gasteiger partial charge on any atom is -0.340 e. The topological polar surface area (TPSA) is 36.4 Å². The molecule has 3 rings (SSSR count). The lowest BCUT2D eigenvalue weighted by molar-refractivity contribution is -0.132. The van der Waals surface area contributed by atoms with Gasteiger partial charge in [-0.3, -0.25) is 14.7 Å². The molecule has 1 amide bonds. The Morgan fingerprint density at radius 1 is 1.22 bits per heavy atom. The molecule has 2 aromatic rings. The van der Waals surface area contributed by atoms with Gasteiger partial charge in [-0.1, -0.05) is 17.7 Å². The molecule has 0 radical (unpaired) electrons. The van der Waals surface area contributed by atoms with Crippen molar-refractivity contribution in [1.29, 1.82) is 0 Å². The maximum absolute atomic E-state index is 12.4. The zero-order valence-corrected chi connectivity index (χ0v) is 14.7. The summed E-state index contributed by atoms with van der Waals surface area (Å²) in [5.41, 5.74) is 1.96. The van der Waals surface area contributed by atoms with Crippen LogP contribution >= 0.6 is 22.9 Å². The van der Waals surface area contributed by atoms with E-state index >= 15 is 0 Å². The molecule has 6 heteroatoms. The van der Waals surface area contributed by atoms with Crippen molar-refractivity contribution in [2.24, 2.45) is 0 Å². The molecule has 0 aliphatic carbocycles. The Morgan fingerprint density at radius 2 is 2.00 bits per heavy atom. The van der Waals surface area contributed by atoms with E-state index in [4.69, 9.17) is 11.6 Å². The summed E-state index contributed by atoms with van der Waals surface area (Å²) in [7, 11) is 0. The van der Waals surface area contributed by atoms with Gasteiger partial charge in [-0.2, -0.15) is 0 Å². The van der Waals surface area contributed by atoms with Gasteiger partial charge >= 0.3 is 0 Å². The number of amides is 1. The molecule has 23 heavy (non-hydrogen) atoms. The summed E-state index contributed by atoms with van der Waals surface area (Å²) in [6.07, 6.45) is 2.23. The lowest BCUT2D eigenvalue weighted by Gasteiger charge is -2.34. The van der Waals surface area contributed by atoms with Gasteiger partial charge < -0.3 is 4.90 Å². The first-order valence-electron chi connectivity index (χ1n) is 7.76. The highest BCUT2D eigenvalue weighted by Crippen LogP contribution is 2.23. The van der Waals surface area contributed by atoms with Crippen molar-refractivity contribution in [3.8, 4) is 0 Å². The second-order valence-electron chi connectivity index (χ2n) is 5.85. The summed E-state index contributed by atoms with van der Waals surface area (Å²) in [4.78, 5) is 22.2. The van der Waals surface area contributed by atoms with E-state index in [1.807, 2.05) is 30.0 Å². The van der Waals surface area contributed by atoms with Crippen molar-refractivity contribution in [3.63, 3.8) is 0 Å². The Labute approximate surface area is 145 Å². The fourth-order valence-corrected chi connectivity index (χ4v) is 3.83. The Hall–Kier alpha value is -1.43. The molecule has 1 fully saturated rings. The molecule has 1 aliphatic heterocycles. The van der Waals surface area contributed by atoms with E-state index in [9.17, 15) is 4.79 Å². The quantitative estimate of drug-likeness (QED) is 0.851. The summed E-state index contributed by atoms with van der Waals surface area (Å²) < 4.78 is 0.834. The molecule has 4 nitrogen and oxygen atoms in total. The summed E-state index contributed by atoms with van der Waals surface area (Å²) in [5, 5.41) is 0. The van der Waals surface area contributed by atoms with E-state index in [1.54, 1.807) is 17.5 Å². The van der Waals surface area contributed by atoms with Crippen LogP contribution in [0.15, 0.2) is 30.5 Å². The van der Waals surface area contributed by atoms with Crippen LogP contribution in [0.2, 0.25) is 4.34 Å². The van der Waals surface area contributed by atoms with Crippen LogP contribution in [0.1, 0.15) is 16.1 Å². The van der Waals surface area contributed by atoms with Crippen LogP contribution in [0, 0.1) is 6.92 Å². The average Bonchev–Trinajstić information content (AvgIpc) is 2.95. The largest absolute Gasteiger partial charge is 0.340 e. The Balaban J connectivity index is 1.48. The van der Waals surface area contributed by atoms with Crippen molar-refractivity contribution in [2.75, 3.05) is 26.2 Å². The molecule has 0 spiro atoms. The number of nitrogens with zero attached hydrogens (tertiary/aromatic N) is 3. The summed E-state index contributed by atoms with van der Waals surface area (Å²) >= 11 is 7.60. The number of piperazine rings is 1. The molecule has 0 unspecified atom stereocenters. The predicted molar refractivity (Wildman–Crippen MR) is 93.9 cm³/mol. The number of rotatable bonds is 4. The lowest BCUT2D eigenvalue weighted by atomic mass is 10.1. The number of halogens is 1. The van der Waals surface area contributed by atoms with Gasteiger partial charge in [0.2, 0.25) is 5.91 Å². The number of carbonyl (C=O) groups excluding carboxylic acids is 1. The highest BCUT2D eigenvalue weighted by atomic mass is 35.5. The molecular formula is C17H20ClN3OS. The highest BCUT2D eigenvalue weighted by Gasteiger charge is 2.21. The van der Waals surface area contributed by atoms with Gasteiger partial charge in [0.15, 0.2) is 0 Å². The number of carbonyl (C=O) groups is 1. The fourth-order valence-electron chi connectivity index (χ4n) is 2.70. The van der Waals surface area contributed by atoms with Crippen molar-refractivity contribution >= 4 is 28.8 Å². The number of pyridine rings is 1. The zero-order valence-electron chi connectivity index (χ0n) is 13.2. The number of hydrogen-bond acceptors (Lipinski definition) is 4. The molecule has 122 valence electrons. The maximum atomic E-state index is 12.4. The molecule has 0 aromatic carbocycles. The van der Waals surface area contributed by atoms with Crippen LogP contribution in [0.4, 0.5) is 0 Å². The molecule has 0 saturated carbocycles. The first kappa shape index (κ1) is 16.4. The molecule has 2 aromatic heterocycles. The number of thiophene rings is 1. The predicted octanol–water partition coefficient (Wildman–Crippen LogP) is 2.99. The normalized spacial score (nSPS) is 15.8. The van der Waals surface area contributed by atoms with Gasteiger partial charge in [0, 0.05) is 49.5 Å². The minimum absolute atomic E-state index is 0.189. The van der Waals surface area contributed by atoms with Gasteiger partial charge in [-0.25, -0.2) is 0 Å². The van der Waals surface area contributed by atoms with Crippen LogP contribution in [0.25, 0.3) is 0 Å². The van der Waals surface area contributed by atoms with E-state index in [-0.39, 0.29) is 5.91 Å². The first-order valence-corrected chi connectivity index (χ1v) is 8.95. The SMILES string of the molecule is Cc1ccc(CC(=O)N2CCN(Cc3ccc(Cl)s3)CC2)cn1. The van der Waals surface area contributed by atoms with Gasteiger partial charge in [-0.05, 0) is 30.7 Å². The van der Waals surface area contributed by atoms with Gasteiger partial charge in [0.25, 0.3) is 0 Å². The molecule has 1 aliphatic rings. The van der Waals surface area contributed by atoms with Gasteiger partial charge in [0.1, 0.15) is 0 Å². The highest BCUT2D eigenvalue weighted by molar-refractivity contribution is 7.16. The van der Waals surface area contributed by atoms with Crippen molar-refractivity contribution in [1.82, 2.24) is 14.8 Å². The average molecular weight is 350 g/mol. The van der Waals surface area contributed by atoms with Crippen LogP contribution < -0.4 is 0 Å². The van der Waals surface area contributed by atoms with E-state index in [1.165, 1.54) is 4.88 Å². The molecule has 1 saturated heterocycles. The third-order valence-corrected chi connectivity index (χ3v) is 5.28. The van der Waals surface area contributed by atoms with E-state index < -0.39 is 0 Å². The number of aryl methyl sites for hydroxylation is 1. The molecule has 0 atom stereocenters. The summed E-state index contributed by atoms with van der Waals surface area (Å²) in [6.45, 7) is 6.27. The van der Waals surface area contributed by atoms with Gasteiger partial charge in [0.05, 0.1) is 10.8 Å². The van der Waals surface area contributed by atoms with Crippen molar-refractivity contribution < 1.29 is 4.79 Å². The van der Waals surface area contributed by atoms with E-state index in [0.29, 0.717) is 6.42 Å². The Kier molecular flexibility index (Phi) is 5.30. The molecule has 3 heterocycles. The second-order valence-corrected chi connectivity index (χ2v) is 7.65. The molecule has 0 N–H and O–H groups in total. The third-order valence-electron chi connectivity index (χ3n) is 4.06. The molecular weight excluding hydrogens is 330 g/mol. The maximum Gasteiger partial charge on any atom is 0.227 e. The third kappa shape index (κ3) is 4.53. The van der Waals surface area contributed by atoms with E-state index in [2.05, 4.69) is 16.0 Å². The van der Waals surface area contributed by atoms with Gasteiger partial charge in [-0.15, -0.1) is 11.3 Å². The van der Waals surface area contributed by atoms with Crippen LogP contribution in [0.3, 0.4) is 0 Å². The monoisotopic (exact) mass is 349 g/mol. The fraction of sp³-hybridized carbons (Fsp3) is 0.412. The van der Waals surface area contributed by atoms with E-state index in [0.717, 1.165) is 48.3 Å². The summed E-state index contributed by atoms with van der Waals surface area (Å²) in [5.74, 6) is 0.189. The number of hydrogen-bond donors (Lipinski definition) is 0. The van der Waals surface area contributed by atoms with Crippen LogP contribution in [-0.4, -0.2) is 46.9 Å². The zero-order chi connectivity index (χ0) is 16.2. The van der Waals surface area contributed by atoms with Crippen LogP contribution in [-0.2, 0) is 17.8 Å². The first-order chi connectivity index (χ1) is 11.1. The Morgan fingerprint density at radius 3 is 2.61 bits per heavy atom. The lowest BCUT2D eigenvalue weighted by Crippen LogP contribution is -2.48. The standard InChI is InChI=1S/C17H20ClN3OS/c1-13-2-3-14(11-19-13)10-17(22)21-8-6-20(7-9-21)12-15-4-5-16(18)23-15/h2-5,11H,6-10,12H2,1H3. The smallest absolute Gasteiger partial charge is 0.227 e. The Bertz CT molecular complexity index is 663. The summed E-state index contributed by atoms with van der Waals surface area (Å²) in [6, 6.07) is 7.95. The molecule has 0 bridgehead atoms. The van der Waals surface area contributed by atoms with Crippen LogP contribution in [0.5, 0.6) is 0 Å². The number of aromatic nitrogens is 1. The second kappa shape index (κ2) is 7.43. The van der Waals surface area contributed by atoms with Crippen molar-refractivity contribution in [3.05, 3.63) is 50.9 Å². The van der Waals surface area contributed by atoms with Crippen molar-refractivity contribution in [2.45, 2.75) is 19.9 Å². The minimum atomic E-state index is 0.189.